The van der Waals surface area contributed by atoms with E-state index in [4.69, 9.17) is 4.74 Å². The minimum absolute atomic E-state index is 0.227. The zero-order valence-electron chi connectivity index (χ0n) is 25.3. The van der Waals surface area contributed by atoms with Crippen molar-refractivity contribution in [2.24, 2.45) is 28.2 Å². The number of hydrogen-bond donors (Lipinski definition) is 2. The van der Waals surface area contributed by atoms with E-state index in [-0.39, 0.29) is 6.04 Å². The maximum atomic E-state index is 5.54. The van der Waals surface area contributed by atoms with Crippen LogP contribution in [0.25, 0.3) is 0 Å². The van der Waals surface area contributed by atoms with Crippen molar-refractivity contribution in [1.29, 1.82) is 0 Å². The molecule has 4 fully saturated rings. The summed E-state index contributed by atoms with van der Waals surface area (Å²) in [5.41, 5.74) is 9.19. The number of piperazine rings is 1. The molecule has 0 aromatic heterocycles. The number of fused-ring (bicyclic) bond motifs is 3. The first-order valence-corrected chi connectivity index (χ1v) is 15.2. The zero-order valence-corrected chi connectivity index (χ0v) is 25.3. The normalized spacial score (nSPS) is 30.8. The predicted octanol–water partition coefficient (Wildman–Crippen LogP) is 4.86. The van der Waals surface area contributed by atoms with Crippen molar-refractivity contribution in [2.45, 2.75) is 52.1 Å². The Hall–Kier alpha value is -2.61. The second-order valence-electron chi connectivity index (χ2n) is 13.2. The number of nitrogens with one attached hydrogen (secondary N) is 2. The van der Waals surface area contributed by atoms with Crippen LogP contribution >= 0.6 is 0 Å². The lowest BCUT2D eigenvalue weighted by molar-refractivity contribution is -0.143. The molecule has 0 amide bonds. The van der Waals surface area contributed by atoms with Gasteiger partial charge in [-0.2, -0.15) is 0 Å². The molecule has 0 spiro atoms. The molecule has 216 valence electrons. The number of guanidine groups is 1. The molecule has 40 heavy (non-hydrogen) atoms. The van der Waals surface area contributed by atoms with Gasteiger partial charge in [-0.3, -0.25) is 20.2 Å². The molecule has 2 heterocycles. The van der Waals surface area contributed by atoms with Gasteiger partial charge in [0.1, 0.15) is 5.75 Å². The highest BCUT2D eigenvalue weighted by Gasteiger charge is 2.57. The number of ether oxygens (including phenoxy) is 1. The Kier molecular flexibility index (Phi) is 7.57. The average Bonchev–Trinajstić information content (AvgIpc) is 2.97. The van der Waals surface area contributed by atoms with Crippen LogP contribution in [0.5, 0.6) is 5.75 Å². The van der Waals surface area contributed by atoms with Crippen molar-refractivity contribution < 1.29 is 4.74 Å². The number of methoxy groups -OCH3 is 1. The fraction of sp³-hybridized carbons (Fsp3) is 0.606. The summed E-state index contributed by atoms with van der Waals surface area (Å²) in [5, 5.41) is 5.83. The van der Waals surface area contributed by atoms with Gasteiger partial charge in [0.05, 0.1) is 13.2 Å². The number of rotatable bonds is 5. The summed E-state index contributed by atoms with van der Waals surface area (Å²) < 4.78 is 5.54. The van der Waals surface area contributed by atoms with Crippen LogP contribution in [0.4, 0.5) is 5.69 Å². The molecule has 1 saturated heterocycles. The molecule has 3 saturated carbocycles. The van der Waals surface area contributed by atoms with Crippen molar-refractivity contribution >= 4 is 11.6 Å². The third kappa shape index (κ3) is 5.01. The van der Waals surface area contributed by atoms with E-state index in [1.807, 2.05) is 7.05 Å². The molecule has 2 aromatic rings. The van der Waals surface area contributed by atoms with Gasteiger partial charge in [-0.25, -0.2) is 5.01 Å². The highest BCUT2D eigenvalue weighted by Crippen LogP contribution is 2.62. The van der Waals surface area contributed by atoms with E-state index in [0.29, 0.717) is 5.41 Å². The van der Waals surface area contributed by atoms with E-state index in [2.05, 4.69) is 101 Å². The Morgan fingerprint density at radius 2 is 1.75 bits per heavy atom. The molecule has 3 aliphatic carbocycles. The Bertz CT molecular complexity index is 1220. The topological polar surface area (TPSA) is 55.4 Å². The Labute approximate surface area is 240 Å². The van der Waals surface area contributed by atoms with Gasteiger partial charge in [-0.05, 0) is 90.4 Å². The van der Waals surface area contributed by atoms with Crippen LogP contribution in [0, 0.1) is 23.2 Å². The SMILES string of the molecule is CN=C(Nc1ccc(C2c3cc(OC)ccc3CCN2C)cc1)NN1CCN(C2CC3CC(C2C)C3(C)C)CC1. The standard InChI is InChI=1S/C33H48N6O/c1-22-29-19-25(33(29,2)3)20-30(22)38-15-17-39(18-16-38)36-32(34-4)35-26-10-7-24(8-11-26)31-28-21-27(40-6)12-9-23(28)13-14-37(31)5/h7-12,21-22,25,29-31H,13-20H2,1-6H3,(H2,34,35,36). The molecule has 7 rings (SSSR count). The van der Waals surface area contributed by atoms with E-state index < -0.39 is 0 Å². The minimum atomic E-state index is 0.227. The Balaban J connectivity index is 1.04. The predicted molar refractivity (Wildman–Crippen MR) is 164 cm³/mol. The number of hydrogen-bond acceptors (Lipinski definition) is 5. The van der Waals surface area contributed by atoms with Gasteiger partial charge in [-0.1, -0.05) is 39.0 Å². The number of hydrazine groups is 1. The smallest absolute Gasteiger partial charge is 0.210 e. The molecule has 7 heteroatoms. The molecule has 5 aliphatic rings. The van der Waals surface area contributed by atoms with Gasteiger partial charge >= 0.3 is 0 Å². The molecule has 0 radical (unpaired) electrons. The zero-order chi connectivity index (χ0) is 28.0. The number of anilines is 1. The number of nitrogens with zero attached hydrogens (tertiary/aromatic N) is 4. The fourth-order valence-corrected chi connectivity index (χ4v) is 8.22. The molecule has 5 unspecified atom stereocenters. The summed E-state index contributed by atoms with van der Waals surface area (Å²) in [6, 6.07) is 16.3. The molecule has 2 N–H and O–H groups in total. The first-order valence-electron chi connectivity index (χ1n) is 15.2. The second-order valence-corrected chi connectivity index (χ2v) is 13.2. The lowest BCUT2D eigenvalue weighted by Crippen LogP contribution is -2.64. The average molecular weight is 545 g/mol. The van der Waals surface area contributed by atoms with Gasteiger partial charge in [-0.15, -0.1) is 0 Å². The van der Waals surface area contributed by atoms with E-state index >= 15 is 0 Å². The summed E-state index contributed by atoms with van der Waals surface area (Å²) in [7, 11) is 5.80. The summed E-state index contributed by atoms with van der Waals surface area (Å²) in [5.74, 6) is 4.33. The molecular formula is C33H48N6O. The quantitative estimate of drug-likeness (QED) is 0.414. The van der Waals surface area contributed by atoms with Crippen LogP contribution in [0.15, 0.2) is 47.5 Å². The van der Waals surface area contributed by atoms with Gasteiger partial charge in [0.2, 0.25) is 5.96 Å². The van der Waals surface area contributed by atoms with Crippen LogP contribution in [-0.4, -0.2) is 80.7 Å². The molecule has 2 bridgehead atoms. The van der Waals surface area contributed by atoms with Crippen LogP contribution in [0.1, 0.15) is 56.3 Å². The third-order valence-electron chi connectivity index (χ3n) is 10.9. The number of likely N-dealkylation sites (N-methyl/N-ethyl adjacent to an activating group) is 1. The van der Waals surface area contributed by atoms with Gasteiger partial charge < -0.3 is 10.1 Å². The minimum Gasteiger partial charge on any atom is -0.497 e. The summed E-state index contributed by atoms with van der Waals surface area (Å²) in [6.07, 6.45) is 3.91. The van der Waals surface area contributed by atoms with Crippen molar-refractivity contribution in [3.8, 4) is 5.75 Å². The molecule has 2 aromatic carbocycles. The van der Waals surface area contributed by atoms with Crippen LogP contribution in [0.2, 0.25) is 0 Å². The fourth-order valence-electron chi connectivity index (χ4n) is 8.22. The lowest BCUT2D eigenvalue weighted by Gasteiger charge is -2.64. The third-order valence-corrected chi connectivity index (χ3v) is 10.9. The largest absolute Gasteiger partial charge is 0.497 e. The monoisotopic (exact) mass is 544 g/mol. The number of benzene rings is 2. The maximum Gasteiger partial charge on any atom is 0.210 e. The highest BCUT2D eigenvalue weighted by molar-refractivity contribution is 5.93. The molecule has 7 nitrogen and oxygen atoms in total. The van der Waals surface area contributed by atoms with Crippen LogP contribution in [-0.2, 0) is 6.42 Å². The van der Waals surface area contributed by atoms with E-state index in [1.165, 1.54) is 29.5 Å². The highest BCUT2D eigenvalue weighted by atomic mass is 16.5. The van der Waals surface area contributed by atoms with Crippen molar-refractivity contribution in [3.05, 3.63) is 59.2 Å². The van der Waals surface area contributed by atoms with E-state index in [0.717, 1.165) is 80.3 Å². The van der Waals surface area contributed by atoms with Crippen molar-refractivity contribution in [2.75, 3.05) is 59.2 Å². The maximum absolute atomic E-state index is 5.54. The van der Waals surface area contributed by atoms with Crippen LogP contribution < -0.4 is 15.5 Å². The Morgan fingerprint density at radius 3 is 2.40 bits per heavy atom. The lowest BCUT2D eigenvalue weighted by atomic mass is 9.44. The van der Waals surface area contributed by atoms with Crippen molar-refractivity contribution in [3.63, 3.8) is 0 Å². The van der Waals surface area contributed by atoms with Gasteiger partial charge in [0.25, 0.3) is 0 Å². The molecule has 2 aliphatic heterocycles. The van der Waals surface area contributed by atoms with Crippen molar-refractivity contribution in [1.82, 2.24) is 20.2 Å². The summed E-state index contributed by atoms with van der Waals surface area (Å²) >= 11 is 0. The first kappa shape index (κ1) is 27.6. The molecular weight excluding hydrogens is 496 g/mol. The summed E-state index contributed by atoms with van der Waals surface area (Å²) in [4.78, 5) is 9.72. The first-order chi connectivity index (χ1) is 19.3. The van der Waals surface area contributed by atoms with Gasteiger partial charge in [0, 0.05) is 51.5 Å². The van der Waals surface area contributed by atoms with Crippen LogP contribution in [0.3, 0.4) is 0 Å². The Morgan fingerprint density at radius 1 is 1.00 bits per heavy atom. The molecule has 5 atom stereocenters. The van der Waals surface area contributed by atoms with E-state index in [1.54, 1.807) is 7.11 Å². The number of aliphatic imine (C=N–C) groups is 1. The van der Waals surface area contributed by atoms with E-state index in [9.17, 15) is 0 Å². The summed E-state index contributed by atoms with van der Waals surface area (Å²) in [6.45, 7) is 12.8. The second kappa shape index (κ2) is 11.0. The van der Waals surface area contributed by atoms with Gasteiger partial charge in [0.15, 0.2) is 0 Å².